The van der Waals surface area contributed by atoms with Crippen LogP contribution in [0, 0.1) is 13.8 Å². The molecule has 0 unspecified atom stereocenters. The van der Waals surface area contributed by atoms with Gasteiger partial charge in [0.1, 0.15) is 5.75 Å². The molecule has 0 saturated heterocycles. The summed E-state index contributed by atoms with van der Waals surface area (Å²) in [6.07, 6.45) is 0.848. The van der Waals surface area contributed by atoms with Gasteiger partial charge in [-0.15, -0.1) is 24.0 Å². The summed E-state index contributed by atoms with van der Waals surface area (Å²) in [5, 5.41) is 10.2. The van der Waals surface area contributed by atoms with E-state index < -0.39 is 0 Å². The van der Waals surface area contributed by atoms with Crippen LogP contribution in [0.25, 0.3) is 0 Å². The Hall–Kier alpha value is -1.88. The first-order chi connectivity index (χ1) is 13.1. The molecule has 0 aliphatic rings. The second kappa shape index (κ2) is 13.3. The SMILES string of the molecule is CCNC(=NCc1ccc(C)cc1OCCCOC)NCc1nc(C)no1.I. The second-order valence-electron chi connectivity index (χ2n) is 6.09. The van der Waals surface area contributed by atoms with Gasteiger partial charge in [0, 0.05) is 32.2 Å². The smallest absolute Gasteiger partial charge is 0.246 e. The number of aryl methyl sites for hydroxylation is 2. The summed E-state index contributed by atoms with van der Waals surface area (Å²) in [6, 6.07) is 6.16. The van der Waals surface area contributed by atoms with Crippen molar-refractivity contribution in [2.75, 3.05) is 26.9 Å². The van der Waals surface area contributed by atoms with Gasteiger partial charge in [0.05, 0.1) is 19.7 Å². The number of nitrogens with zero attached hydrogens (tertiary/aromatic N) is 3. The molecule has 9 heteroatoms. The average Bonchev–Trinajstić information content (AvgIpc) is 3.07. The van der Waals surface area contributed by atoms with E-state index in [0.29, 0.717) is 44.0 Å². The molecule has 0 aliphatic heterocycles. The van der Waals surface area contributed by atoms with Crippen LogP contribution in [0.1, 0.15) is 36.2 Å². The minimum atomic E-state index is 0. The van der Waals surface area contributed by atoms with E-state index in [2.05, 4.69) is 37.9 Å². The molecule has 0 amide bonds. The number of halogens is 1. The molecule has 1 aromatic carbocycles. The van der Waals surface area contributed by atoms with Crippen LogP contribution in [0.5, 0.6) is 5.75 Å². The van der Waals surface area contributed by atoms with Gasteiger partial charge in [-0.05, 0) is 32.4 Å². The summed E-state index contributed by atoms with van der Waals surface area (Å²) in [6.45, 7) is 8.82. The molecule has 8 nitrogen and oxygen atoms in total. The number of nitrogens with one attached hydrogen (secondary N) is 2. The molecule has 0 radical (unpaired) electrons. The first-order valence-electron chi connectivity index (χ1n) is 9.15. The lowest BCUT2D eigenvalue weighted by Crippen LogP contribution is -2.36. The highest BCUT2D eigenvalue weighted by Crippen LogP contribution is 2.21. The number of guanidine groups is 1. The summed E-state index contributed by atoms with van der Waals surface area (Å²) < 4.78 is 16.1. The molecule has 1 heterocycles. The highest BCUT2D eigenvalue weighted by molar-refractivity contribution is 14.0. The third-order valence-corrected chi connectivity index (χ3v) is 3.70. The number of hydrogen-bond acceptors (Lipinski definition) is 6. The summed E-state index contributed by atoms with van der Waals surface area (Å²) >= 11 is 0. The van der Waals surface area contributed by atoms with Crippen molar-refractivity contribution in [3.8, 4) is 5.75 Å². The van der Waals surface area contributed by atoms with Crippen molar-refractivity contribution < 1.29 is 14.0 Å². The Balaban J connectivity index is 0.00000392. The molecule has 28 heavy (non-hydrogen) atoms. The van der Waals surface area contributed by atoms with Crippen molar-refractivity contribution >= 4 is 29.9 Å². The van der Waals surface area contributed by atoms with Gasteiger partial charge in [-0.25, -0.2) is 4.99 Å². The van der Waals surface area contributed by atoms with Crippen LogP contribution in [0.4, 0.5) is 0 Å². The van der Waals surface area contributed by atoms with E-state index in [0.717, 1.165) is 29.8 Å². The summed E-state index contributed by atoms with van der Waals surface area (Å²) in [4.78, 5) is 8.82. The van der Waals surface area contributed by atoms with Crippen LogP contribution >= 0.6 is 24.0 Å². The van der Waals surface area contributed by atoms with Gasteiger partial charge in [0.25, 0.3) is 0 Å². The molecule has 2 rings (SSSR count). The Morgan fingerprint density at radius 1 is 1.21 bits per heavy atom. The summed E-state index contributed by atoms with van der Waals surface area (Å²) in [7, 11) is 1.69. The number of methoxy groups -OCH3 is 1. The van der Waals surface area contributed by atoms with E-state index in [9.17, 15) is 0 Å². The van der Waals surface area contributed by atoms with E-state index in [1.165, 1.54) is 0 Å². The first kappa shape index (κ1) is 24.2. The molecule has 0 atom stereocenters. The number of rotatable bonds is 10. The Kier molecular flexibility index (Phi) is 11.5. The predicted octanol–water partition coefficient (Wildman–Crippen LogP) is 2.98. The Bertz CT molecular complexity index is 736. The van der Waals surface area contributed by atoms with E-state index in [4.69, 9.17) is 14.0 Å². The Morgan fingerprint density at radius 2 is 2.04 bits per heavy atom. The van der Waals surface area contributed by atoms with Gasteiger partial charge in [-0.3, -0.25) is 0 Å². The number of aliphatic imine (C=N–C) groups is 1. The van der Waals surface area contributed by atoms with E-state index in [1.54, 1.807) is 14.0 Å². The molecule has 1 aromatic heterocycles. The van der Waals surface area contributed by atoms with Crippen LogP contribution in [0.2, 0.25) is 0 Å². The van der Waals surface area contributed by atoms with Crippen molar-refractivity contribution in [1.29, 1.82) is 0 Å². The lowest BCUT2D eigenvalue weighted by Gasteiger charge is -2.13. The molecule has 0 fully saturated rings. The predicted molar refractivity (Wildman–Crippen MR) is 119 cm³/mol. The van der Waals surface area contributed by atoms with Crippen molar-refractivity contribution in [3.05, 3.63) is 41.0 Å². The van der Waals surface area contributed by atoms with Crippen molar-refractivity contribution in [2.45, 2.75) is 40.3 Å². The lowest BCUT2D eigenvalue weighted by molar-refractivity contribution is 0.172. The number of benzene rings is 1. The van der Waals surface area contributed by atoms with Gasteiger partial charge in [-0.1, -0.05) is 17.3 Å². The molecule has 0 aliphatic carbocycles. The first-order valence-corrected chi connectivity index (χ1v) is 9.15. The largest absolute Gasteiger partial charge is 0.493 e. The fraction of sp³-hybridized carbons (Fsp3) is 0.526. The fourth-order valence-corrected chi connectivity index (χ4v) is 2.39. The molecular formula is C19H30IN5O3. The second-order valence-corrected chi connectivity index (χ2v) is 6.09. The zero-order valence-corrected chi connectivity index (χ0v) is 19.3. The van der Waals surface area contributed by atoms with E-state index in [1.807, 2.05) is 19.9 Å². The average molecular weight is 503 g/mol. The van der Waals surface area contributed by atoms with Crippen LogP contribution in [-0.2, 0) is 17.8 Å². The Labute approximate surface area is 183 Å². The van der Waals surface area contributed by atoms with Crippen molar-refractivity contribution in [3.63, 3.8) is 0 Å². The maximum atomic E-state index is 5.92. The summed E-state index contributed by atoms with van der Waals surface area (Å²) in [5.41, 5.74) is 2.19. The standard InChI is InChI=1S/C19H29N5O3.HI/c1-5-20-19(22-13-18-23-15(3)24-27-18)21-12-16-8-7-14(2)11-17(16)26-10-6-9-25-4;/h7-8,11H,5-6,9-10,12-13H2,1-4H3,(H2,20,21,22);1H. The van der Waals surface area contributed by atoms with Crippen LogP contribution < -0.4 is 15.4 Å². The third-order valence-electron chi connectivity index (χ3n) is 3.70. The maximum absolute atomic E-state index is 5.92. The van der Waals surface area contributed by atoms with Crippen molar-refractivity contribution in [2.24, 2.45) is 4.99 Å². The van der Waals surface area contributed by atoms with E-state index >= 15 is 0 Å². The van der Waals surface area contributed by atoms with Crippen molar-refractivity contribution in [1.82, 2.24) is 20.8 Å². The number of ether oxygens (including phenoxy) is 2. The Morgan fingerprint density at radius 3 is 2.71 bits per heavy atom. The van der Waals surface area contributed by atoms with Gasteiger partial charge in [0.2, 0.25) is 5.89 Å². The van der Waals surface area contributed by atoms with Gasteiger partial charge >= 0.3 is 0 Å². The number of aromatic nitrogens is 2. The molecule has 2 N–H and O–H groups in total. The third kappa shape index (κ3) is 8.42. The van der Waals surface area contributed by atoms with E-state index in [-0.39, 0.29) is 24.0 Å². The van der Waals surface area contributed by atoms with Gasteiger partial charge in [-0.2, -0.15) is 4.98 Å². The fourth-order valence-electron chi connectivity index (χ4n) is 2.39. The molecule has 0 bridgehead atoms. The van der Waals surface area contributed by atoms with Crippen LogP contribution in [0.3, 0.4) is 0 Å². The monoisotopic (exact) mass is 503 g/mol. The minimum Gasteiger partial charge on any atom is -0.493 e. The maximum Gasteiger partial charge on any atom is 0.246 e. The normalized spacial score (nSPS) is 11.1. The van der Waals surface area contributed by atoms with Gasteiger partial charge < -0.3 is 24.6 Å². The van der Waals surface area contributed by atoms with Crippen LogP contribution in [0.15, 0.2) is 27.7 Å². The lowest BCUT2D eigenvalue weighted by atomic mass is 10.1. The highest BCUT2D eigenvalue weighted by Gasteiger charge is 2.07. The number of hydrogen-bond donors (Lipinski definition) is 2. The molecule has 0 spiro atoms. The molecule has 156 valence electrons. The zero-order chi connectivity index (χ0) is 19.5. The molecule has 0 saturated carbocycles. The quantitative estimate of drug-likeness (QED) is 0.223. The van der Waals surface area contributed by atoms with Gasteiger partial charge in [0.15, 0.2) is 11.8 Å². The molecule has 2 aromatic rings. The zero-order valence-electron chi connectivity index (χ0n) is 16.9. The minimum absolute atomic E-state index is 0. The van der Waals surface area contributed by atoms with Crippen LogP contribution in [-0.4, -0.2) is 43.0 Å². The highest BCUT2D eigenvalue weighted by atomic mass is 127. The topological polar surface area (TPSA) is 93.8 Å². The summed E-state index contributed by atoms with van der Waals surface area (Å²) in [5.74, 6) is 2.68. The molecular weight excluding hydrogens is 473 g/mol.